The number of benzene rings is 1. The second-order valence-electron chi connectivity index (χ2n) is 6.79. The first kappa shape index (κ1) is 17.6. The Labute approximate surface area is 146 Å². The molecule has 1 unspecified atom stereocenters. The van der Waals surface area contributed by atoms with Crippen molar-refractivity contribution in [3.63, 3.8) is 0 Å². The largest absolute Gasteiger partial charge is 0.337 e. The van der Waals surface area contributed by atoms with E-state index in [1.807, 2.05) is 11.8 Å². The standard InChI is InChI=1S/C19H23F2N3O/c1-13-11-18(23(2)22-13)19(25)24-10-4-5-14(12-24)8-9-15-16(20)6-3-7-17(15)21/h3,6-7,11,14H,4-5,8-10,12H2,1-2H3. The summed E-state index contributed by atoms with van der Waals surface area (Å²) < 4.78 is 29.1. The number of likely N-dealkylation sites (tertiary alicyclic amines) is 1. The fourth-order valence-corrected chi connectivity index (χ4v) is 3.58. The van der Waals surface area contributed by atoms with Gasteiger partial charge in [0.15, 0.2) is 0 Å². The molecule has 0 spiro atoms. The number of hydrogen-bond donors (Lipinski definition) is 0. The first-order valence-corrected chi connectivity index (χ1v) is 8.68. The Morgan fingerprint density at radius 3 is 2.68 bits per heavy atom. The molecule has 1 aromatic heterocycles. The number of piperidine rings is 1. The van der Waals surface area contributed by atoms with Crippen LogP contribution in [-0.4, -0.2) is 33.7 Å². The smallest absolute Gasteiger partial charge is 0.272 e. The summed E-state index contributed by atoms with van der Waals surface area (Å²) in [7, 11) is 1.77. The number of nitrogens with zero attached hydrogens (tertiary/aromatic N) is 3. The highest BCUT2D eigenvalue weighted by atomic mass is 19.1. The Balaban J connectivity index is 1.63. The summed E-state index contributed by atoms with van der Waals surface area (Å²) in [4.78, 5) is 14.5. The molecule has 2 aromatic rings. The van der Waals surface area contributed by atoms with E-state index in [0.717, 1.165) is 18.5 Å². The molecule has 0 N–H and O–H groups in total. The van der Waals surface area contributed by atoms with Crippen molar-refractivity contribution in [2.45, 2.75) is 32.6 Å². The first-order chi connectivity index (χ1) is 12.0. The van der Waals surface area contributed by atoms with Gasteiger partial charge in [-0.15, -0.1) is 0 Å². The van der Waals surface area contributed by atoms with Gasteiger partial charge in [0.05, 0.1) is 5.69 Å². The van der Waals surface area contributed by atoms with Crippen molar-refractivity contribution in [1.82, 2.24) is 14.7 Å². The minimum Gasteiger partial charge on any atom is -0.337 e. The quantitative estimate of drug-likeness (QED) is 0.849. The van der Waals surface area contributed by atoms with Gasteiger partial charge in [0.1, 0.15) is 17.3 Å². The molecule has 0 saturated carbocycles. The van der Waals surface area contributed by atoms with Gasteiger partial charge in [0.2, 0.25) is 0 Å². The van der Waals surface area contributed by atoms with E-state index in [-0.39, 0.29) is 17.4 Å². The van der Waals surface area contributed by atoms with Crippen LogP contribution >= 0.6 is 0 Å². The molecule has 1 fully saturated rings. The zero-order valence-electron chi connectivity index (χ0n) is 14.6. The Morgan fingerprint density at radius 2 is 2.04 bits per heavy atom. The second kappa shape index (κ2) is 7.33. The number of hydrogen-bond acceptors (Lipinski definition) is 2. The Bertz CT molecular complexity index is 752. The summed E-state index contributed by atoms with van der Waals surface area (Å²) >= 11 is 0. The van der Waals surface area contributed by atoms with Crippen LogP contribution < -0.4 is 0 Å². The molecule has 1 amide bonds. The molecule has 0 aliphatic carbocycles. The summed E-state index contributed by atoms with van der Waals surface area (Å²) in [5.41, 5.74) is 1.54. The van der Waals surface area contributed by atoms with Crippen molar-refractivity contribution in [3.8, 4) is 0 Å². The molecule has 2 heterocycles. The van der Waals surface area contributed by atoms with Crippen LogP contribution in [0, 0.1) is 24.5 Å². The molecule has 0 radical (unpaired) electrons. The highest BCUT2D eigenvalue weighted by molar-refractivity contribution is 5.92. The van der Waals surface area contributed by atoms with Crippen LogP contribution in [0.25, 0.3) is 0 Å². The van der Waals surface area contributed by atoms with Crippen molar-refractivity contribution in [2.24, 2.45) is 13.0 Å². The lowest BCUT2D eigenvalue weighted by atomic mass is 9.91. The third-order valence-electron chi connectivity index (χ3n) is 4.89. The first-order valence-electron chi connectivity index (χ1n) is 8.68. The highest BCUT2D eigenvalue weighted by Gasteiger charge is 2.26. The number of halogens is 2. The maximum atomic E-state index is 13.8. The lowest BCUT2D eigenvalue weighted by Crippen LogP contribution is -2.40. The normalized spacial score (nSPS) is 17.8. The van der Waals surface area contributed by atoms with Crippen LogP contribution in [0.5, 0.6) is 0 Å². The van der Waals surface area contributed by atoms with Crippen LogP contribution in [-0.2, 0) is 13.5 Å². The van der Waals surface area contributed by atoms with E-state index in [2.05, 4.69) is 5.10 Å². The summed E-state index contributed by atoms with van der Waals surface area (Å²) in [6, 6.07) is 5.76. The third-order valence-corrected chi connectivity index (χ3v) is 4.89. The minimum atomic E-state index is -0.492. The van der Waals surface area contributed by atoms with E-state index < -0.39 is 11.6 Å². The zero-order valence-corrected chi connectivity index (χ0v) is 14.6. The summed E-state index contributed by atoms with van der Waals surface area (Å²) in [6.07, 6.45) is 2.92. The van der Waals surface area contributed by atoms with Crippen LogP contribution in [0.3, 0.4) is 0 Å². The maximum absolute atomic E-state index is 13.8. The van der Waals surface area contributed by atoms with Gasteiger partial charge in [0.25, 0.3) is 5.91 Å². The van der Waals surface area contributed by atoms with E-state index in [1.54, 1.807) is 17.8 Å². The fourth-order valence-electron chi connectivity index (χ4n) is 3.58. The summed E-state index contributed by atoms with van der Waals surface area (Å²) in [6.45, 7) is 3.20. The third kappa shape index (κ3) is 3.89. The molecule has 1 aliphatic heterocycles. The number of carbonyl (C=O) groups is 1. The van der Waals surface area contributed by atoms with Crippen molar-refractivity contribution in [3.05, 3.63) is 52.9 Å². The van der Waals surface area contributed by atoms with E-state index in [4.69, 9.17) is 0 Å². The lowest BCUT2D eigenvalue weighted by molar-refractivity contribution is 0.0657. The van der Waals surface area contributed by atoms with E-state index in [0.29, 0.717) is 31.6 Å². The minimum absolute atomic E-state index is 0.0233. The van der Waals surface area contributed by atoms with Crippen LogP contribution in [0.4, 0.5) is 8.78 Å². The van der Waals surface area contributed by atoms with Gasteiger partial charge >= 0.3 is 0 Å². The zero-order chi connectivity index (χ0) is 18.0. The monoisotopic (exact) mass is 347 g/mol. The van der Waals surface area contributed by atoms with E-state index in [1.165, 1.54) is 18.2 Å². The Hall–Kier alpha value is -2.24. The number of amides is 1. The highest BCUT2D eigenvalue weighted by Crippen LogP contribution is 2.24. The van der Waals surface area contributed by atoms with Gasteiger partial charge in [-0.05, 0) is 56.7 Å². The molecule has 6 heteroatoms. The molecule has 1 saturated heterocycles. The van der Waals surface area contributed by atoms with E-state index in [9.17, 15) is 13.6 Å². The lowest BCUT2D eigenvalue weighted by Gasteiger charge is -2.32. The van der Waals surface area contributed by atoms with Crippen LogP contribution in [0.1, 0.15) is 41.0 Å². The number of carbonyl (C=O) groups excluding carboxylic acids is 1. The SMILES string of the molecule is Cc1cc(C(=O)N2CCCC(CCc3c(F)cccc3F)C2)n(C)n1. The average Bonchev–Trinajstić information content (AvgIpc) is 2.92. The summed E-state index contributed by atoms with van der Waals surface area (Å²) in [5, 5.41) is 4.23. The number of rotatable bonds is 4. The van der Waals surface area contributed by atoms with Gasteiger partial charge in [0, 0.05) is 25.7 Å². The number of aryl methyl sites for hydroxylation is 2. The van der Waals surface area contributed by atoms with Crippen molar-refractivity contribution in [2.75, 3.05) is 13.1 Å². The van der Waals surface area contributed by atoms with Crippen LogP contribution in [0.15, 0.2) is 24.3 Å². The van der Waals surface area contributed by atoms with Gasteiger partial charge in [-0.3, -0.25) is 9.48 Å². The molecule has 3 rings (SSSR count). The molecular weight excluding hydrogens is 324 g/mol. The van der Waals surface area contributed by atoms with Crippen molar-refractivity contribution >= 4 is 5.91 Å². The molecular formula is C19H23F2N3O. The number of aromatic nitrogens is 2. The van der Waals surface area contributed by atoms with Crippen molar-refractivity contribution in [1.29, 1.82) is 0 Å². The summed E-state index contributed by atoms with van der Waals surface area (Å²) in [5.74, 6) is -0.751. The average molecular weight is 347 g/mol. The molecule has 1 atom stereocenters. The van der Waals surface area contributed by atoms with Gasteiger partial charge in [-0.25, -0.2) is 8.78 Å². The Morgan fingerprint density at radius 1 is 1.32 bits per heavy atom. The van der Waals surface area contributed by atoms with Gasteiger partial charge in [-0.2, -0.15) is 5.10 Å². The van der Waals surface area contributed by atoms with Gasteiger partial charge < -0.3 is 4.90 Å². The van der Waals surface area contributed by atoms with Crippen molar-refractivity contribution < 1.29 is 13.6 Å². The van der Waals surface area contributed by atoms with Gasteiger partial charge in [-0.1, -0.05) is 6.07 Å². The Kier molecular flexibility index (Phi) is 5.16. The molecule has 4 nitrogen and oxygen atoms in total. The molecule has 1 aromatic carbocycles. The fraction of sp³-hybridized carbons (Fsp3) is 0.474. The molecule has 1 aliphatic rings. The predicted octanol–water partition coefficient (Wildman–Crippen LogP) is 3.49. The molecule has 134 valence electrons. The second-order valence-corrected chi connectivity index (χ2v) is 6.79. The predicted molar refractivity (Wildman–Crippen MR) is 91.3 cm³/mol. The maximum Gasteiger partial charge on any atom is 0.272 e. The van der Waals surface area contributed by atoms with E-state index >= 15 is 0 Å². The molecule has 0 bridgehead atoms. The molecule has 25 heavy (non-hydrogen) atoms. The topological polar surface area (TPSA) is 38.1 Å². The van der Waals surface area contributed by atoms with Crippen LogP contribution in [0.2, 0.25) is 0 Å².